The van der Waals surface area contributed by atoms with Crippen molar-refractivity contribution >= 4 is 0 Å². The third-order valence-corrected chi connectivity index (χ3v) is 4.29. The van der Waals surface area contributed by atoms with Crippen molar-refractivity contribution in [1.82, 2.24) is 0 Å². The zero-order valence-electron chi connectivity index (χ0n) is 9.80. The van der Waals surface area contributed by atoms with E-state index in [1.165, 1.54) is 18.4 Å². The molecule has 3 atom stereocenters. The molecule has 0 heterocycles. The van der Waals surface area contributed by atoms with Gasteiger partial charge in [-0.15, -0.1) is 0 Å². The predicted molar refractivity (Wildman–Crippen MR) is 59.0 cm³/mol. The number of hydrogen-bond donors (Lipinski definition) is 1. The van der Waals surface area contributed by atoms with Gasteiger partial charge in [-0.2, -0.15) is 0 Å². The molecule has 0 radical (unpaired) electrons. The van der Waals surface area contributed by atoms with Crippen molar-refractivity contribution in [2.75, 3.05) is 0 Å². The summed E-state index contributed by atoms with van der Waals surface area (Å²) >= 11 is 0. The summed E-state index contributed by atoms with van der Waals surface area (Å²) in [7, 11) is 0. The summed E-state index contributed by atoms with van der Waals surface area (Å²) < 4.78 is 0. The van der Waals surface area contributed by atoms with Crippen molar-refractivity contribution in [3.05, 3.63) is 11.6 Å². The number of aliphatic hydroxyl groups is 1. The Labute approximate surface area is 87.2 Å². The van der Waals surface area contributed by atoms with Crippen molar-refractivity contribution in [2.45, 2.75) is 53.1 Å². The Hall–Kier alpha value is -0.300. The van der Waals surface area contributed by atoms with Crippen molar-refractivity contribution in [3.8, 4) is 0 Å². The van der Waals surface area contributed by atoms with Crippen LogP contribution in [-0.4, -0.2) is 11.2 Å². The molecule has 0 spiro atoms. The molecule has 80 valence electrons. The largest absolute Gasteiger partial charge is 0.388 e. The second kappa shape index (κ2) is 2.85. The molecule has 1 nitrogen and oxygen atoms in total. The average Bonchev–Trinajstić information content (AvgIpc) is 2.71. The lowest BCUT2D eigenvalue weighted by atomic mass is 9.81. The highest BCUT2D eigenvalue weighted by atomic mass is 16.3. The number of allylic oxidation sites excluding steroid dienone is 1. The molecular weight excluding hydrogens is 172 g/mol. The van der Waals surface area contributed by atoms with Gasteiger partial charge in [0.05, 0.1) is 6.10 Å². The quantitative estimate of drug-likeness (QED) is 0.587. The summed E-state index contributed by atoms with van der Waals surface area (Å²) in [6.07, 6.45) is 5.50. The summed E-state index contributed by atoms with van der Waals surface area (Å²) in [5, 5.41) is 10.3. The third-order valence-electron chi connectivity index (χ3n) is 4.29. The van der Waals surface area contributed by atoms with E-state index in [0.29, 0.717) is 5.41 Å². The fraction of sp³-hybridized carbons (Fsp3) is 0.846. The molecule has 2 rings (SSSR count). The second-order valence-electron chi connectivity index (χ2n) is 6.22. The molecule has 0 bridgehead atoms. The fourth-order valence-corrected chi connectivity index (χ4v) is 3.18. The van der Waals surface area contributed by atoms with Crippen LogP contribution in [0.2, 0.25) is 0 Å². The zero-order valence-corrected chi connectivity index (χ0v) is 9.80. The van der Waals surface area contributed by atoms with E-state index in [1.54, 1.807) is 0 Å². The first-order chi connectivity index (χ1) is 6.39. The van der Waals surface area contributed by atoms with E-state index in [-0.39, 0.29) is 11.5 Å². The van der Waals surface area contributed by atoms with Crippen LogP contribution in [0.25, 0.3) is 0 Å². The summed E-state index contributed by atoms with van der Waals surface area (Å²) in [4.78, 5) is 0. The zero-order chi connectivity index (χ0) is 10.6. The Balaban J connectivity index is 2.30. The van der Waals surface area contributed by atoms with E-state index in [9.17, 15) is 5.11 Å². The molecule has 0 aliphatic heterocycles. The van der Waals surface area contributed by atoms with Gasteiger partial charge in [-0.05, 0) is 43.1 Å². The molecule has 0 aromatic carbocycles. The highest BCUT2D eigenvalue weighted by Gasteiger charge is 2.58. The highest BCUT2D eigenvalue weighted by molar-refractivity contribution is 5.23. The smallest absolute Gasteiger partial charge is 0.0806 e. The summed E-state index contributed by atoms with van der Waals surface area (Å²) in [6, 6.07) is 0. The standard InChI is InChI=1S/C13H22O/c1-5-9-6-12(2,3)7-10-8-13(10,4)11(9)14/h5,10-11,14H,6-8H2,1-4H3/b9-5-/t10-,11-,13+/m1/s1. The van der Waals surface area contributed by atoms with Crippen LogP contribution in [0.3, 0.4) is 0 Å². The number of hydrogen-bond acceptors (Lipinski definition) is 1. The average molecular weight is 194 g/mol. The lowest BCUT2D eigenvalue weighted by Gasteiger charge is -2.25. The molecule has 2 fully saturated rings. The topological polar surface area (TPSA) is 20.2 Å². The molecule has 0 amide bonds. The molecule has 2 aliphatic carbocycles. The minimum Gasteiger partial charge on any atom is -0.388 e. The SMILES string of the molecule is C/C=C1/CC(C)(C)C[C@@H]2C[C@]2(C)[C@@H]1O. The molecular formula is C13H22O. The van der Waals surface area contributed by atoms with Gasteiger partial charge in [0.25, 0.3) is 0 Å². The summed E-state index contributed by atoms with van der Waals surface area (Å²) in [5.41, 5.74) is 1.84. The maximum atomic E-state index is 10.3. The Morgan fingerprint density at radius 1 is 1.29 bits per heavy atom. The van der Waals surface area contributed by atoms with Crippen LogP contribution >= 0.6 is 0 Å². The minimum atomic E-state index is -0.181. The molecule has 1 N–H and O–H groups in total. The lowest BCUT2D eigenvalue weighted by Crippen LogP contribution is -2.22. The van der Waals surface area contributed by atoms with Gasteiger partial charge >= 0.3 is 0 Å². The van der Waals surface area contributed by atoms with E-state index in [2.05, 4.69) is 33.8 Å². The number of fused-ring (bicyclic) bond motifs is 1. The van der Waals surface area contributed by atoms with Gasteiger partial charge in [-0.25, -0.2) is 0 Å². The van der Waals surface area contributed by atoms with Gasteiger partial charge in [0, 0.05) is 5.41 Å². The minimum absolute atomic E-state index is 0.181. The molecule has 0 aromatic rings. The van der Waals surface area contributed by atoms with Crippen LogP contribution in [0.15, 0.2) is 11.6 Å². The monoisotopic (exact) mass is 194 g/mol. The van der Waals surface area contributed by atoms with Gasteiger partial charge in [-0.1, -0.05) is 26.8 Å². The fourth-order valence-electron chi connectivity index (χ4n) is 3.18. The lowest BCUT2D eigenvalue weighted by molar-refractivity contribution is 0.128. The Kier molecular flexibility index (Phi) is 2.08. The van der Waals surface area contributed by atoms with Crippen LogP contribution in [0.1, 0.15) is 47.0 Å². The number of aliphatic hydroxyl groups excluding tert-OH is 1. The Morgan fingerprint density at radius 3 is 2.50 bits per heavy atom. The maximum absolute atomic E-state index is 10.3. The van der Waals surface area contributed by atoms with Crippen molar-refractivity contribution in [2.24, 2.45) is 16.7 Å². The second-order valence-corrected chi connectivity index (χ2v) is 6.22. The van der Waals surface area contributed by atoms with Gasteiger partial charge < -0.3 is 5.11 Å². The maximum Gasteiger partial charge on any atom is 0.0806 e. The summed E-state index contributed by atoms with van der Waals surface area (Å²) in [5.74, 6) is 0.755. The van der Waals surface area contributed by atoms with Crippen LogP contribution in [0.4, 0.5) is 0 Å². The molecule has 0 saturated heterocycles. The van der Waals surface area contributed by atoms with Crippen LogP contribution in [0.5, 0.6) is 0 Å². The molecule has 14 heavy (non-hydrogen) atoms. The van der Waals surface area contributed by atoms with Crippen molar-refractivity contribution in [1.29, 1.82) is 0 Å². The first kappa shape index (κ1) is 10.2. The third kappa shape index (κ3) is 1.42. The van der Waals surface area contributed by atoms with Crippen LogP contribution < -0.4 is 0 Å². The molecule has 0 unspecified atom stereocenters. The van der Waals surface area contributed by atoms with E-state index in [1.807, 2.05) is 0 Å². The van der Waals surface area contributed by atoms with Crippen molar-refractivity contribution < 1.29 is 5.11 Å². The van der Waals surface area contributed by atoms with Crippen LogP contribution in [-0.2, 0) is 0 Å². The van der Waals surface area contributed by atoms with Gasteiger partial charge in [0.2, 0.25) is 0 Å². The van der Waals surface area contributed by atoms with Crippen LogP contribution in [0, 0.1) is 16.7 Å². The first-order valence-corrected chi connectivity index (χ1v) is 5.72. The molecule has 2 saturated carbocycles. The van der Waals surface area contributed by atoms with Crippen molar-refractivity contribution in [3.63, 3.8) is 0 Å². The van der Waals surface area contributed by atoms with E-state index in [4.69, 9.17) is 0 Å². The summed E-state index contributed by atoms with van der Waals surface area (Å²) in [6.45, 7) is 8.95. The first-order valence-electron chi connectivity index (χ1n) is 5.72. The van der Waals surface area contributed by atoms with E-state index in [0.717, 1.165) is 12.3 Å². The Morgan fingerprint density at radius 2 is 1.93 bits per heavy atom. The van der Waals surface area contributed by atoms with Gasteiger partial charge in [-0.3, -0.25) is 0 Å². The normalized spacial score (nSPS) is 48.5. The molecule has 1 heteroatoms. The van der Waals surface area contributed by atoms with Gasteiger partial charge in [0.15, 0.2) is 0 Å². The highest BCUT2D eigenvalue weighted by Crippen LogP contribution is 2.63. The predicted octanol–water partition coefficient (Wildman–Crippen LogP) is 3.14. The van der Waals surface area contributed by atoms with E-state index < -0.39 is 0 Å². The number of rotatable bonds is 0. The van der Waals surface area contributed by atoms with E-state index >= 15 is 0 Å². The van der Waals surface area contributed by atoms with Gasteiger partial charge in [0.1, 0.15) is 0 Å². The Bertz CT molecular complexity index is 277. The molecule has 0 aromatic heterocycles. The molecule has 2 aliphatic rings.